The molecule has 0 spiro atoms. The summed E-state index contributed by atoms with van der Waals surface area (Å²) in [6.45, 7) is 4.26. The van der Waals surface area contributed by atoms with Gasteiger partial charge in [-0.3, -0.25) is 9.78 Å². The fourth-order valence-electron chi connectivity index (χ4n) is 2.31. The molecule has 0 aliphatic rings. The Morgan fingerprint density at radius 3 is 2.82 bits per heavy atom. The van der Waals surface area contributed by atoms with Gasteiger partial charge < -0.3 is 14.9 Å². The van der Waals surface area contributed by atoms with Gasteiger partial charge in [0.1, 0.15) is 0 Å². The lowest BCUT2D eigenvalue weighted by atomic mass is 9.96. The lowest BCUT2D eigenvalue weighted by Crippen LogP contribution is -2.36. The molecule has 6 nitrogen and oxygen atoms in total. The first-order valence-corrected chi connectivity index (χ1v) is 7.49. The van der Waals surface area contributed by atoms with Crippen molar-refractivity contribution in [2.75, 3.05) is 6.54 Å². The Morgan fingerprint density at radius 2 is 2.18 bits per heavy atom. The topological polar surface area (TPSA) is 88.2 Å². The van der Waals surface area contributed by atoms with Gasteiger partial charge in [-0.2, -0.15) is 0 Å². The summed E-state index contributed by atoms with van der Waals surface area (Å²) in [6, 6.07) is 5.17. The highest BCUT2D eigenvalue weighted by Gasteiger charge is 2.18. The number of carbonyl (C=O) groups is 1. The minimum Gasteiger partial charge on any atom is -0.391 e. The molecule has 2 N–H and O–H groups in total. The number of aliphatic hydroxyl groups excluding tert-OH is 1. The van der Waals surface area contributed by atoms with Gasteiger partial charge in [0.2, 0.25) is 0 Å². The number of hydrogen-bond donors (Lipinski definition) is 2. The van der Waals surface area contributed by atoms with E-state index in [1.54, 1.807) is 24.5 Å². The second kappa shape index (κ2) is 7.70. The van der Waals surface area contributed by atoms with Crippen LogP contribution in [0.2, 0.25) is 0 Å². The maximum Gasteiger partial charge on any atom is 0.273 e. The number of nitrogens with one attached hydrogen (secondary N) is 1. The van der Waals surface area contributed by atoms with E-state index in [2.05, 4.69) is 15.5 Å². The monoisotopic (exact) mass is 303 g/mol. The molecule has 0 radical (unpaired) electrons. The molecule has 2 heterocycles. The number of aromatic nitrogens is 2. The zero-order chi connectivity index (χ0) is 15.9. The van der Waals surface area contributed by atoms with Crippen LogP contribution in [0.3, 0.4) is 0 Å². The molecule has 0 aliphatic heterocycles. The number of carbonyl (C=O) groups excluding carboxylic acids is 1. The Bertz CT molecular complexity index is 594. The molecule has 1 unspecified atom stereocenters. The van der Waals surface area contributed by atoms with Crippen LogP contribution in [0, 0.1) is 5.92 Å². The van der Waals surface area contributed by atoms with Gasteiger partial charge in [0.05, 0.1) is 6.10 Å². The second-order valence-corrected chi connectivity index (χ2v) is 5.17. The van der Waals surface area contributed by atoms with Gasteiger partial charge in [-0.15, -0.1) is 0 Å². The predicted molar refractivity (Wildman–Crippen MR) is 82.1 cm³/mol. The van der Waals surface area contributed by atoms with E-state index in [4.69, 9.17) is 4.52 Å². The van der Waals surface area contributed by atoms with Crippen molar-refractivity contribution >= 4 is 5.91 Å². The van der Waals surface area contributed by atoms with Crippen molar-refractivity contribution in [3.63, 3.8) is 0 Å². The lowest BCUT2D eigenvalue weighted by molar-refractivity contribution is 0.0810. The Kier molecular flexibility index (Phi) is 5.66. The Balaban J connectivity index is 1.95. The highest BCUT2D eigenvalue weighted by atomic mass is 16.5. The molecule has 2 aromatic heterocycles. The number of pyridine rings is 1. The van der Waals surface area contributed by atoms with Gasteiger partial charge in [0, 0.05) is 30.6 Å². The van der Waals surface area contributed by atoms with Gasteiger partial charge in [-0.25, -0.2) is 0 Å². The molecule has 1 amide bonds. The van der Waals surface area contributed by atoms with Gasteiger partial charge in [0.25, 0.3) is 5.91 Å². The Morgan fingerprint density at radius 1 is 1.41 bits per heavy atom. The number of nitrogens with zero attached hydrogens (tertiary/aromatic N) is 2. The van der Waals surface area contributed by atoms with Crippen molar-refractivity contribution in [3.8, 4) is 11.3 Å². The summed E-state index contributed by atoms with van der Waals surface area (Å²) in [4.78, 5) is 16.0. The van der Waals surface area contributed by atoms with Crippen LogP contribution in [0.15, 0.2) is 35.1 Å². The third-order valence-corrected chi connectivity index (χ3v) is 3.75. The summed E-state index contributed by atoms with van der Waals surface area (Å²) in [5, 5.41) is 16.5. The van der Waals surface area contributed by atoms with Gasteiger partial charge in [0.15, 0.2) is 11.5 Å². The molecule has 6 heteroatoms. The number of amides is 1. The van der Waals surface area contributed by atoms with E-state index in [0.717, 1.165) is 18.4 Å². The molecular weight excluding hydrogens is 282 g/mol. The average molecular weight is 303 g/mol. The summed E-state index contributed by atoms with van der Waals surface area (Å²) in [5.74, 6) is 0.311. The third kappa shape index (κ3) is 3.92. The Labute approximate surface area is 129 Å². The lowest BCUT2D eigenvalue weighted by Gasteiger charge is -2.19. The van der Waals surface area contributed by atoms with Crippen molar-refractivity contribution in [3.05, 3.63) is 36.3 Å². The fourth-order valence-corrected chi connectivity index (χ4v) is 2.31. The van der Waals surface area contributed by atoms with Crippen LogP contribution in [0.4, 0.5) is 0 Å². The van der Waals surface area contributed by atoms with Gasteiger partial charge in [-0.05, 0) is 18.1 Å². The first-order valence-electron chi connectivity index (χ1n) is 7.49. The predicted octanol–water partition coefficient (Wildman–Crippen LogP) is 2.26. The molecule has 0 saturated carbocycles. The van der Waals surface area contributed by atoms with E-state index in [1.165, 1.54) is 0 Å². The van der Waals surface area contributed by atoms with Crippen molar-refractivity contribution in [1.29, 1.82) is 0 Å². The Hall–Kier alpha value is -2.21. The smallest absolute Gasteiger partial charge is 0.273 e. The second-order valence-electron chi connectivity index (χ2n) is 5.17. The first kappa shape index (κ1) is 16.2. The number of aliphatic hydroxyl groups is 1. The van der Waals surface area contributed by atoms with Gasteiger partial charge >= 0.3 is 0 Å². The van der Waals surface area contributed by atoms with Crippen molar-refractivity contribution in [1.82, 2.24) is 15.5 Å². The molecule has 0 fully saturated rings. The zero-order valence-electron chi connectivity index (χ0n) is 12.8. The van der Waals surface area contributed by atoms with Crippen LogP contribution in [0.1, 0.15) is 37.2 Å². The molecule has 118 valence electrons. The molecule has 2 rings (SSSR count). The molecular formula is C16H21N3O3. The standard InChI is InChI=1S/C16H21N3O3/c1-3-11(4-2)14(20)10-18-16(21)13-8-15(22-19-13)12-6-5-7-17-9-12/h5-9,11,14,20H,3-4,10H2,1-2H3,(H,18,21). The summed E-state index contributed by atoms with van der Waals surface area (Å²) in [5.41, 5.74) is 0.946. The van der Waals surface area contributed by atoms with Crippen LogP contribution in [-0.4, -0.2) is 33.8 Å². The highest BCUT2D eigenvalue weighted by Crippen LogP contribution is 2.19. The average Bonchev–Trinajstić information content (AvgIpc) is 3.04. The molecule has 0 saturated heterocycles. The SMILES string of the molecule is CCC(CC)C(O)CNC(=O)c1cc(-c2cccnc2)on1. The van der Waals surface area contributed by atoms with E-state index < -0.39 is 6.10 Å². The van der Waals surface area contributed by atoms with Crippen LogP contribution in [0.5, 0.6) is 0 Å². The highest BCUT2D eigenvalue weighted by molar-refractivity contribution is 5.93. The normalized spacial score (nSPS) is 12.4. The van der Waals surface area contributed by atoms with Crippen molar-refractivity contribution in [2.45, 2.75) is 32.8 Å². The minimum absolute atomic E-state index is 0.184. The minimum atomic E-state index is -0.552. The summed E-state index contributed by atoms with van der Waals surface area (Å²) in [6.07, 6.45) is 4.50. The van der Waals surface area contributed by atoms with E-state index in [0.29, 0.717) is 5.76 Å². The largest absolute Gasteiger partial charge is 0.391 e. The zero-order valence-corrected chi connectivity index (χ0v) is 12.8. The maximum absolute atomic E-state index is 12.0. The molecule has 1 atom stereocenters. The van der Waals surface area contributed by atoms with E-state index >= 15 is 0 Å². The third-order valence-electron chi connectivity index (χ3n) is 3.75. The summed E-state index contributed by atoms with van der Waals surface area (Å²) < 4.78 is 5.16. The molecule has 0 aromatic carbocycles. The van der Waals surface area contributed by atoms with Crippen LogP contribution in [-0.2, 0) is 0 Å². The number of hydrogen-bond acceptors (Lipinski definition) is 5. The summed E-state index contributed by atoms with van der Waals surface area (Å²) >= 11 is 0. The maximum atomic E-state index is 12.0. The number of rotatable bonds is 7. The van der Waals surface area contributed by atoms with E-state index in [-0.39, 0.29) is 24.1 Å². The van der Waals surface area contributed by atoms with Crippen molar-refractivity contribution < 1.29 is 14.4 Å². The van der Waals surface area contributed by atoms with Gasteiger partial charge in [-0.1, -0.05) is 31.8 Å². The van der Waals surface area contributed by atoms with Crippen LogP contribution in [0.25, 0.3) is 11.3 Å². The summed E-state index contributed by atoms with van der Waals surface area (Å²) in [7, 11) is 0. The molecule has 2 aromatic rings. The molecule has 22 heavy (non-hydrogen) atoms. The van der Waals surface area contributed by atoms with E-state index in [9.17, 15) is 9.90 Å². The quantitative estimate of drug-likeness (QED) is 0.819. The van der Waals surface area contributed by atoms with Crippen molar-refractivity contribution in [2.24, 2.45) is 5.92 Å². The van der Waals surface area contributed by atoms with Crippen LogP contribution < -0.4 is 5.32 Å². The fraction of sp³-hybridized carbons (Fsp3) is 0.438. The van der Waals surface area contributed by atoms with Crippen LogP contribution >= 0.6 is 0 Å². The van der Waals surface area contributed by atoms with E-state index in [1.807, 2.05) is 19.9 Å². The first-order chi connectivity index (χ1) is 10.7. The molecule has 0 bridgehead atoms. The molecule has 0 aliphatic carbocycles.